The van der Waals surface area contributed by atoms with Crippen molar-refractivity contribution in [2.75, 3.05) is 5.32 Å². The molecule has 3 nitrogen and oxygen atoms in total. The number of aromatic nitrogens is 1. The topological polar surface area (TPSA) is 42.0 Å². The fourth-order valence-corrected chi connectivity index (χ4v) is 7.65. The maximum Gasteiger partial charge on any atom is 0.226 e. The van der Waals surface area contributed by atoms with E-state index in [1.54, 1.807) is 11.3 Å². The van der Waals surface area contributed by atoms with Gasteiger partial charge in [0.2, 0.25) is 5.91 Å². The normalized spacial score (nSPS) is 40.5. The molecule has 2 atom stereocenters. The third-order valence-electron chi connectivity index (χ3n) is 5.51. The number of nitrogens with one attached hydrogen (secondary N) is 1. The second-order valence-electron chi connectivity index (χ2n) is 7.61. The average Bonchev–Trinajstić information content (AvgIpc) is 2.69. The summed E-state index contributed by atoms with van der Waals surface area (Å²) in [6.07, 6.45) is 10.2. The second kappa shape index (κ2) is 4.79. The molecule has 21 heavy (non-hydrogen) atoms. The molecular formula is C16H21BrN2OS. The molecule has 4 aliphatic rings. The molecule has 0 aromatic carbocycles. The second-order valence-corrected chi connectivity index (χ2v) is 10.5. The molecule has 2 unspecified atom stereocenters. The molecule has 0 spiro atoms. The molecule has 4 bridgehead atoms. The molecule has 4 saturated carbocycles. The fourth-order valence-electron chi connectivity index (χ4n) is 5.46. The number of rotatable bonds is 3. The lowest BCUT2D eigenvalue weighted by Gasteiger charge is -2.60. The van der Waals surface area contributed by atoms with Gasteiger partial charge in [0, 0.05) is 21.8 Å². The lowest BCUT2D eigenvalue weighted by Crippen LogP contribution is -2.53. The zero-order valence-corrected chi connectivity index (χ0v) is 14.7. The summed E-state index contributed by atoms with van der Waals surface area (Å²) in [6, 6.07) is 0. The van der Waals surface area contributed by atoms with E-state index in [2.05, 4.69) is 26.2 Å². The fraction of sp³-hybridized carbons (Fsp3) is 0.750. The van der Waals surface area contributed by atoms with Gasteiger partial charge in [-0.1, -0.05) is 15.9 Å². The molecule has 0 saturated heterocycles. The van der Waals surface area contributed by atoms with E-state index >= 15 is 0 Å². The number of halogens is 1. The number of carbonyl (C=O) groups is 1. The van der Waals surface area contributed by atoms with Gasteiger partial charge in [-0.15, -0.1) is 11.3 Å². The number of carbonyl (C=O) groups excluding carboxylic acids is 1. The molecule has 0 radical (unpaired) electrons. The van der Waals surface area contributed by atoms with E-state index in [4.69, 9.17) is 0 Å². The van der Waals surface area contributed by atoms with Crippen molar-refractivity contribution in [1.29, 1.82) is 0 Å². The molecule has 1 N–H and O–H groups in total. The summed E-state index contributed by atoms with van der Waals surface area (Å²) < 4.78 is 0.329. The Balaban J connectivity index is 1.47. The average molecular weight is 369 g/mol. The third-order valence-corrected chi connectivity index (χ3v) is 7.27. The maximum atomic E-state index is 12.5. The summed E-state index contributed by atoms with van der Waals surface area (Å²) in [5.41, 5.74) is 0.240. The minimum atomic E-state index is 0.155. The minimum Gasteiger partial charge on any atom is -0.302 e. The van der Waals surface area contributed by atoms with Crippen LogP contribution in [0.1, 0.15) is 49.8 Å². The van der Waals surface area contributed by atoms with Crippen molar-refractivity contribution in [3.63, 3.8) is 0 Å². The van der Waals surface area contributed by atoms with Crippen molar-refractivity contribution in [2.24, 2.45) is 17.3 Å². The number of hydrogen-bond donors (Lipinski definition) is 1. The molecule has 114 valence electrons. The Hall–Kier alpha value is -0.420. The van der Waals surface area contributed by atoms with E-state index in [1.165, 1.54) is 38.5 Å². The van der Waals surface area contributed by atoms with Crippen molar-refractivity contribution in [2.45, 2.75) is 56.2 Å². The van der Waals surface area contributed by atoms with Crippen LogP contribution in [0.2, 0.25) is 0 Å². The van der Waals surface area contributed by atoms with Crippen LogP contribution in [0.3, 0.4) is 0 Å². The quantitative estimate of drug-likeness (QED) is 0.797. The molecule has 4 aliphatic carbocycles. The minimum absolute atomic E-state index is 0.155. The standard InChI is InChI=1S/C16H21BrN2OS/c1-10-8-18-14(21-10)19-13(20)7-15-3-11-2-12(4-15)6-16(17,5-11)9-15/h8,11-12H,2-7,9H2,1H3,(H,18,19,20). The molecular weight excluding hydrogens is 348 g/mol. The summed E-state index contributed by atoms with van der Waals surface area (Å²) in [5.74, 6) is 1.82. The van der Waals surface area contributed by atoms with Gasteiger partial charge in [-0.05, 0) is 62.7 Å². The summed E-state index contributed by atoms with van der Waals surface area (Å²) in [4.78, 5) is 17.8. The van der Waals surface area contributed by atoms with E-state index in [0.29, 0.717) is 10.7 Å². The van der Waals surface area contributed by atoms with Crippen LogP contribution in [0, 0.1) is 24.2 Å². The van der Waals surface area contributed by atoms with Gasteiger partial charge in [0.15, 0.2) is 5.13 Å². The van der Waals surface area contributed by atoms with E-state index in [0.717, 1.165) is 21.8 Å². The Morgan fingerprint density at radius 3 is 2.71 bits per heavy atom. The third kappa shape index (κ3) is 2.67. The molecule has 1 heterocycles. The van der Waals surface area contributed by atoms with Crippen molar-refractivity contribution in [3.05, 3.63) is 11.1 Å². The number of aryl methyl sites for hydroxylation is 1. The van der Waals surface area contributed by atoms with E-state index < -0.39 is 0 Å². The molecule has 5 heteroatoms. The Morgan fingerprint density at radius 1 is 1.43 bits per heavy atom. The number of anilines is 1. The monoisotopic (exact) mass is 368 g/mol. The number of alkyl halides is 1. The van der Waals surface area contributed by atoms with Crippen molar-refractivity contribution in [3.8, 4) is 0 Å². The summed E-state index contributed by atoms with van der Waals surface area (Å²) in [7, 11) is 0. The molecule has 1 aromatic heterocycles. The first-order valence-corrected chi connectivity index (χ1v) is 9.46. The molecule has 1 amide bonds. The maximum absolute atomic E-state index is 12.5. The number of hydrogen-bond acceptors (Lipinski definition) is 3. The number of nitrogens with zero attached hydrogens (tertiary/aromatic N) is 1. The van der Waals surface area contributed by atoms with E-state index in [1.807, 2.05) is 13.1 Å². The molecule has 5 rings (SSSR count). The Kier molecular flexibility index (Phi) is 3.23. The highest BCUT2D eigenvalue weighted by Gasteiger charge is 2.57. The van der Waals surface area contributed by atoms with Gasteiger partial charge in [-0.3, -0.25) is 4.79 Å². The highest BCUT2D eigenvalue weighted by Crippen LogP contribution is 2.65. The zero-order valence-electron chi connectivity index (χ0n) is 12.3. The van der Waals surface area contributed by atoms with Crippen LogP contribution in [-0.2, 0) is 4.79 Å². The van der Waals surface area contributed by atoms with E-state index in [-0.39, 0.29) is 11.3 Å². The highest BCUT2D eigenvalue weighted by atomic mass is 79.9. The zero-order chi connectivity index (χ0) is 14.7. The Bertz CT molecular complexity index is 571. The first-order valence-electron chi connectivity index (χ1n) is 7.85. The first kappa shape index (κ1) is 14.2. The van der Waals surface area contributed by atoms with Gasteiger partial charge < -0.3 is 5.32 Å². The van der Waals surface area contributed by atoms with Gasteiger partial charge in [0.25, 0.3) is 0 Å². The van der Waals surface area contributed by atoms with Crippen molar-refractivity contribution < 1.29 is 4.79 Å². The Labute approximate surface area is 138 Å². The highest BCUT2D eigenvalue weighted by molar-refractivity contribution is 9.10. The Morgan fingerprint density at radius 2 is 2.14 bits per heavy atom. The largest absolute Gasteiger partial charge is 0.302 e. The van der Waals surface area contributed by atoms with Gasteiger partial charge in [0.05, 0.1) is 0 Å². The van der Waals surface area contributed by atoms with Crippen LogP contribution in [-0.4, -0.2) is 15.2 Å². The van der Waals surface area contributed by atoms with Crippen LogP contribution in [0.4, 0.5) is 5.13 Å². The van der Waals surface area contributed by atoms with Crippen LogP contribution in [0.15, 0.2) is 6.20 Å². The molecule has 0 aliphatic heterocycles. The summed E-state index contributed by atoms with van der Waals surface area (Å²) in [5, 5.41) is 3.75. The summed E-state index contributed by atoms with van der Waals surface area (Å²) in [6.45, 7) is 2.01. The first-order chi connectivity index (χ1) is 9.94. The van der Waals surface area contributed by atoms with Gasteiger partial charge in [-0.25, -0.2) is 4.98 Å². The lowest BCUT2D eigenvalue weighted by molar-refractivity contribution is -0.123. The van der Waals surface area contributed by atoms with Crippen molar-refractivity contribution >= 4 is 38.3 Å². The van der Waals surface area contributed by atoms with Gasteiger partial charge in [0.1, 0.15) is 0 Å². The van der Waals surface area contributed by atoms with Crippen LogP contribution in [0.25, 0.3) is 0 Å². The predicted octanol–water partition coefficient (Wildman–Crippen LogP) is 4.51. The SMILES string of the molecule is Cc1cnc(NC(=O)CC23CC4CC(CC(Br)(C4)C2)C3)s1. The van der Waals surface area contributed by atoms with Gasteiger partial charge >= 0.3 is 0 Å². The smallest absolute Gasteiger partial charge is 0.226 e. The summed E-state index contributed by atoms with van der Waals surface area (Å²) >= 11 is 5.57. The van der Waals surface area contributed by atoms with Crippen LogP contribution >= 0.6 is 27.3 Å². The van der Waals surface area contributed by atoms with Crippen LogP contribution in [0.5, 0.6) is 0 Å². The van der Waals surface area contributed by atoms with Gasteiger partial charge in [-0.2, -0.15) is 0 Å². The predicted molar refractivity (Wildman–Crippen MR) is 88.9 cm³/mol. The van der Waals surface area contributed by atoms with Crippen LogP contribution < -0.4 is 5.32 Å². The molecule has 4 fully saturated rings. The molecule has 1 aromatic rings. The number of amides is 1. The van der Waals surface area contributed by atoms with E-state index in [9.17, 15) is 4.79 Å². The number of thiazole rings is 1. The lowest BCUT2D eigenvalue weighted by atomic mass is 9.48. The van der Waals surface area contributed by atoms with Crippen molar-refractivity contribution in [1.82, 2.24) is 4.98 Å².